The van der Waals surface area contributed by atoms with Crippen LogP contribution in [0.15, 0.2) is 21.1 Å². The topological polar surface area (TPSA) is 93.2 Å². The number of rotatable bonds is 3. The van der Waals surface area contributed by atoms with E-state index in [9.17, 15) is 4.79 Å². The Morgan fingerprint density at radius 1 is 1.30 bits per heavy atom. The van der Waals surface area contributed by atoms with Crippen molar-refractivity contribution >= 4 is 29.4 Å². The maximum Gasteiger partial charge on any atom is 0.259 e. The molecule has 1 atom stereocenters. The first-order chi connectivity index (χ1) is 12.5. The van der Waals surface area contributed by atoms with Crippen LogP contribution in [-0.2, 0) is 0 Å². The molecule has 7 nitrogen and oxygen atoms in total. The highest BCUT2D eigenvalue weighted by molar-refractivity contribution is 6.07. The molecule has 2 N–H and O–H groups in total. The SMILES string of the molecule is Cc1cc(-c2cc(C(=O)NC3CCCNC3)c3c(C)noc3n2)c(C)o1.Cl. The van der Waals surface area contributed by atoms with Crippen LogP contribution in [0.4, 0.5) is 0 Å². The Morgan fingerprint density at radius 2 is 2.11 bits per heavy atom. The molecule has 1 unspecified atom stereocenters. The molecule has 0 aromatic carbocycles. The van der Waals surface area contributed by atoms with Crippen LogP contribution in [0, 0.1) is 20.8 Å². The van der Waals surface area contributed by atoms with Gasteiger partial charge in [0.2, 0.25) is 0 Å². The fraction of sp³-hybridized carbons (Fsp3) is 0.421. The molecule has 1 amide bonds. The van der Waals surface area contributed by atoms with E-state index in [4.69, 9.17) is 8.94 Å². The number of fused-ring (bicyclic) bond motifs is 1. The summed E-state index contributed by atoms with van der Waals surface area (Å²) in [6, 6.07) is 3.84. The number of aryl methyl sites for hydroxylation is 3. The quantitative estimate of drug-likeness (QED) is 0.712. The maximum atomic E-state index is 13.0. The molecule has 0 bridgehead atoms. The molecular weight excluding hydrogens is 368 g/mol. The summed E-state index contributed by atoms with van der Waals surface area (Å²) in [4.78, 5) is 17.5. The number of piperidine rings is 1. The van der Waals surface area contributed by atoms with E-state index in [2.05, 4.69) is 20.8 Å². The van der Waals surface area contributed by atoms with E-state index >= 15 is 0 Å². The Labute approximate surface area is 163 Å². The van der Waals surface area contributed by atoms with Crippen molar-refractivity contribution in [3.63, 3.8) is 0 Å². The number of amides is 1. The van der Waals surface area contributed by atoms with Gasteiger partial charge in [0.15, 0.2) is 0 Å². The molecular formula is C19H23ClN4O3. The second-order valence-corrected chi connectivity index (χ2v) is 6.85. The zero-order valence-corrected chi connectivity index (χ0v) is 16.4. The van der Waals surface area contributed by atoms with E-state index in [0.29, 0.717) is 28.1 Å². The van der Waals surface area contributed by atoms with E-state index in [0.717, 1.165) is 43.0 Å². The normalized spacial score (nSPS) is 16.9. The minimum absolute atomic E-state index is 0. The number of pyridine rings is 1. The number of furan rings is 1. The van der Waals surface area contributed by atoms with Gasteiger partial charge in [0.1, 0.15) is 11.5 Å². The molecule has 3 aromatic rings. The number of halogens is 1. The summed E-state index contributed by atoms with van der Waals surface area (Å²) in [6.07, 6.45) is 2.03. The van der Waals surface area contributed by atoms with Gasteiger partial charge in [-0.15, -0.1) is 12.4 Å². The second-order valence-electron chi connectivity index (χ2n) is 6.85. The molecule has 0 radical (unpaired) electrons. The Hall–Kier alpha value is -2.38. The van der Waals surface area contributed by atoms with Gasteiger partial charge in [0.25, 0.3) is 11.6 Å². The predicted molar refractivity (Wildman–Crippen MR) is 104 cm³/mol. The van der Waals surface area contributed by atoms with Crippen LogP contribution in [0.1, 0.15) is 40.4 Å². The number of nitrogens with one attached hydrogen (secondary N) is 2. The minimum atomic E-state index is -0.128. The molecule has 144 valence electrons. The molecule has 1 fully saturated rings. The second kappa shape index (κ2) is 7.70. The Bertz CT molecular complexity index is 973. The number of hydrogen-bond donors (Lipinski definition) is 2. The van der Waals surface area contributed by atoms with Crippen molar-refractivity contribution in [3.8, 4) is 11.3 Å². The Morgan fingerprint density at radius 3 is 2.78 bits per heavy atom. The van der Waals surface area contributed by atoms with Gasteiger partial charge in [-0.25, -0.2) is 4.98 Å². The average Bonchev–Trinajstić information content (AvgIpc) is 3.17. The summed E-state index contributed by atoms with van der Waals surface area (Å²) in [6.45, 7) is 7.37. The van der Waals surface area contributed by atoms with Crippen molar-refractivity contribution in [2.75, 3.05) is 13.1 Å². The van der Waals surface area contributed by atoms with Gasteiger partial charge in [-0.2, -0.15) is 0 Å². The van der Waals surface area contributed by atoms with Gasteiger partial charge in [0, 0.05) is 18.2 Å². The lowest BCUT2D eigenvalue weighted by molar-refractivity contribution is 0.0932. The third-order valence-electron chi connectivity index (χ3n) is 4.81. The van der Waals surface area contributed by atoms with E-state index in [1.54, 1.807) is 6.07 Å². The van der Waals surface area contributed by atoms with Crippen molar-refractivity contribution in [2.24, 2.45) is 0 Å². The number of hydrogen-bond acceptors (Lipinski definition) is 6. The molecule has 27 heavy (non-hydrogen) atoms. The van der Waals surface area contributed by atoms with Crippen molar-refractivity contribution in [2.45, 2.75) is 39.7 Å². The Balaban J connectivity index is 0.00000210. The van der Waals surface area contributed by atoms with Crippen LogP contribution in [-0.4, -0.2) is 35.2 Å². The molecule has 1 aliphatic heterocycles. The number of nitrogens with zero attached hydrogens (tertiary/aromatic N) is 2. The molecule has 0 aliphatic carbocycles. The maximum absolute atomic E-state index is 13.0. The first-order valence-electron chi connectivity index (χ1n) is 8.89. The molecule has 0 saturated carbocycles. The van der Waals surface area contributed by atoms with Gasteiger partial charge in [-0.05, 0) is 52.3 Å². The third kappa shape index (κ3) is 3.70. The van der Waals surface area contributed by atoms with E-state index in [1.807, 2.05) is 26.8 Å². The van der Waals surface area contributed by atoms with Gasteiger partial charge in [0.05, 0.1) is 22.3 Å². The number of carbonyl (C=O) groups excluding carboxylic acids is 1. The minimum Gasteiger partial charge on any atom is -0.466 e. The summed E-state index contributed by atoms with van der Waals surface area (Å²) in [7, 11) is 0. The highest BCUT2D eigenvalue weighted by atomic mass is 35.5. The van der Waals surface area contributed by atoms with Crippen molar-refractivity contribution < 1.29 is 13.7 Å². The van der Waals surface area contributed by atoms with Crippen LogP contribution < -0.4 is 10.6 Å². The highest BCUT2D eigenvalue weighted by Gasteiger charge is 2.23. The molecule has 1 saturated heterocycles. The summed E-state index contributed by atoms with van der Waals surface area (Å²) in [5.74, 6) is 1.43. The lowest BCUT2D eigenvalue weighted by Crippen LogP contribution is -2.45. The molecule has 4 heterocycles. The van der Waals surface area contributed by atoms with Gasteiger partial charge >= 0.3 is 0 Å². The fourth-order valence-electron chi connectivity index (χ4n) is 3.54. The zero-order chi connectivity index (χ0) is 18.3. The summed E-state index contributed by atoms with van der Waals surface area (Å²) >= 11 is 0. The van der Waals surface area contributed by atoms with Gasteiger partial charge < -0.3 is 19.6 Å². The molecule has 1 aliphatic rings. The smallest absolute Gasteiger partial charge is 0.259 e. The standard InChI is InChI=1S/C19H22N4O3.ClH/c1-10-7-14(12(3)25-10)16-8-15(17-11(2)23-26-19(17)22-16)18(24)21-13-5-4-6-20-9-13;/h7-8,13,20H,4-6,9H2,1-3H3,(H,21,24);1H. The van der Waals surface area contributed by atoms with Crippen LogP contribution in [0.5, 0.6) is 0 Å². The van der Waals surface area contributed by atoms with Crippen molar-refractivity contribution in [3.05, 3.63) is 34.9 Å². The molecule has 8 heteroatoms. The van der Waals surface area contributed by atoms with Crippen LogP contribution >= 0.6 is 12.4 Å². The van der Waals surface area contributed by atoms with Crippen LogP contribution in [0.2, 0.25) is 0 Å². The third-order valence-corrected chi connectivity index (χ3v) is 4.81. The monoisotopic (exact) mass is 390 g/mol. The van der Waals surface area contributed by atoms with Crippen LogP contribution in [0.25, 0.3) is 22.4 Å². The average molecular weight is 391 g/mol. The van der Waals surface area contributed by atoms with Gasteiger partial charge in [-0.3, -0.25) is 4.79 Å². The molecule has 0 spiro atoms. The summed E-state index contributed by atoms with van der Waals surface area (Å²) in [5, 5.41) is 11.1. The first kappa shape index (κ1) is 19.4. The zero-order valence-electron chi connectivity index (χ0n) is 15.6. The lowest BCUT2D eigenvalue weighted by atomic mass is 10.0. The van der Waals surface area contributed by atoms with Crippen LogP contribution in [0.3, 0.4) is 0 Å². The highest BCUT2D eigenvalue weighted by Crippen LogP contribution is 2.30. The lowest BCUT2D eigenvalue weighted by Gasteiger charge is -2.24. The van der Waals surface area contributed by atoms with Crippen molar-refractivity contribution in [1.29, 1.82) is 0 Å². The molecule has 3 aromatic heterocycles. The van der Waals surface area contributed by atoms with Crippen molar-refractivity contribution in [1.82, 2.24) is 20.8 Å². The number of aromatic nitrogens is 2. The van der Waals surface area contributed by atoms with E-state index < -0.39 is 0 Å². The largest absolute Gasteiger partial charge is 0.466 e. The summed E-state index contributed by atoms with van der Waals surface area (Å²) in [5.41, 5.74) is 3.06. The molecule has 4 rings (SSSR count). The fourth-order valence-corrected chi connectivity index (χ4v) is 3.54. The first-order valence-corrected chi connectivity index (χ1v) is 8.89. The van der Waals surface area contributed by atoms with E-state index in [-0.39, 0.29) is 24.4 Å². The Kier molecular flexibility index (Phi) is 5.53. The number of carbonyl (C=O) groups is 1. The predicted octanol–water partition coefficient (Wildman–Crippen LogP) is 3.31. The van der Waals surface area contributed by atoms with E-state index in [1.165, 1.54) is 0 Å². The van der Waals surface area contributed by atoms with Gasteiger partial charge in [-0.1, -0.05) is 5.16 Å². The summed E-state index contributed by atoms with van der Waals surface area (Å²) < 4.78 is 11.0.